The highest BCUT2D eigenvalue weighted by molar-refractivity contribution is 7.89. The van der Waals surface area contributed by atoms with Crippen LogP contribution in [0.5, 0.6) is 0 Å². The van der Waals surface area contributed by atoms with Gasteiger partial charge in [0.2, 0.25) is 10.0 Å². The van der Waals surface area contributed by atoms with Gasteiger partial charge in [0, 0.05) is 18.7 Å². The van der Waals surface area contributed by atoms with Gasteiger partial charge in [-0.3, -0.25) is 4.79 Å². The van der Waals surface area contributed by atoms with Gasteiger partial charge in [-0.2, -0.15) is 4.31 Å². The number of carbonyl (C=O) groups is 1. The van der Waals surface area contributed by atoms with Crippen molar-refractivity contribution in [2.75, 3.05) is 7.05 Å². The fourth-order valence-corrected chi connectivity index (χ4v) is 3.63. The summed E-state index contributed by atoms with van der Waals surface area (Å²) in [7, 11) is -2.55. The molecule has 4 nitrogen and oxygen atoms in total. The first kappa shape index (κ1) is 18.2. The van der Waals surface area contributed by atoms with E-state index in [1.54, 1.807) is 6.92 Å². The summed E-state index contributed by atoms with van der Waals surface area (Å²) in [6.45, 7) is 2.92. The predicted octanol–water partition coefficient (Wildman–Crippen LogP) is 3.55. The standard InChI is InChI=1S/C17H17F2NO3S/c1-11(13-7-8-16(18)17(19)10-13)20(3)24(22,23)15-6-4-5-14(9-15)12(2)21/h4-11H,1-3H3. The molecule has 0 saturated heterocycles. The number of rotatable bonds is 5. The van der Waals surface area contributed by atoms with Crippen LogP contribution in [0, 0.1) is 11.6 Å². The zero-order valence-electron chi connectivity index (χ0n) is 13.5. The second-order valence-corrected chi connectivity index (χ2v) is 7.45. The third-order valence-corrected chi connectivity index (χ3v) is 5.81. The zero-order valence-corrected chi connectivity index (χ0v) is 14.3. The molecular weight excluding hydrogens is 336 g/mol. The average Bonchev–Trinajstić information content (AvgIpc) is 2.56. The van der Waals surface area contributed by atoms with Gasteiger partial charge >= 0.3 is 0 Å². The minimum absolute atomic E-state index is 0.0351. The summed E-state index contributed by atoms with van der Waals surface area (Å²) >= 11 is 0. The number of hydrogen-bond acceptors (Lipinski definition) is 3. The van der Waals surface area contributed by atoms with Gasteiger partial charge in [-0.25, -0.2) is 17.2 Å². The molecule has 0 heterocycles. The number of nitrogens with zero attached hydrogens (tertiary/aromatic N) is 1. The number of Topliss-reactive ketones (excluding diaryl/α,β-unsaturated/α-hetero) is 1. The Morgan fingerprint density at radius 2 is 1.75 bits per heavy atom. The van der Waals surface area contributed by atoms with Crippen LogP contribution < -0.4 is 0 Å². The number of hydrogen-bond donors (Lipinski definition) is 0. The minimum Gasteiger partial charge on any atom is -0.295 e. The molecule has 1 atom stereocenters. The van der Waals surface area contributed by atoms with Gasteiger partial charge in [0.1, 0.15) is 0 Å². The Kier molecular flexibility index (Phi) is 5.15. The van der Waals surface area contributed by atoms with Crippen molar-refractivity contribution >= 4 is 15.8 Å². The molecule has 0 amide bonds. The lowest BCUT2D eigenvalue weighted by molar-refractivity contribution is 0.101. The van der Waals surface area contributed by atoms with Gasteiger partial charge in [-0.15, -0.1) is 0 Å². The van der Waals surface area contributed by atoms with Crippen molar-refractivity contribution in [1.82, 2.24) is 4.31 Å². The lowest BCUT2D eigenvalue weighted by Crippen LogP contribution is -2.30. The Morgan fingerprint density at radius 1 is 1.08 bits per heavy atom. The Morgan fingerprint density at radius 3 is 2.33 bits per heavy atom. The Balaban J connectivity index is 2.39. The van der Waals surface area contributed by atoms with E-state index < -0.39 is 27.7 Å². The maximum absolute atomic E-state index is 13.4. The van der Waals surface area contributed by atoms with E-state index in [0.29, 0.717) is 5.56 Å². The zero-order chi connectivity index (χ0) is 18.1. The average molecular weight is 353 g/mol. The van der Waals surface area contributed by atoms with Gasteiger partial charge in [0.15, 0.2) is 17.4 Å². The van der Waals surface area contributed by atoms with Crippen molar-refractivity contribution in [3.63, 3.8) is 0 Å². The van der Waals surface area contributed by atoms with Crippen molar-refractivity contribution < 1.29 is 22.0 Å². The van der Waals surface area contributed by atoms with E-state index in [9.17, 15) is 22.0 Å². The van der Waals surface area contributed by atoms with Crippen LogP contribution in [-0.4, -0.2) is 25.6 Å². The maximum Gasteiger partial charge on any atom is 0.243 e. The van der Waals surface area contributed by atoms with Crippen LogP contribution in [0.25, 0.3) is 0 Å². The molecule has 0 aliphatic carbocycles. The fourth-order valence-electron chi connectivity index (χ4n) is 2.23. The third-order valence-electron chi connectivity index (χ3n) is 3.89. The van der Waals surface area contributed by atoms with E-state index in [4.69, 9.17) is 0 Å². The van der Waals surface area contributed by atoms with Crippen LogP contribution in [0.1, 0.15) is 35.8 Å². The van der Waals surface area contributed by atoms with Gasteiger partial charge in [-0.05, 0) is 43.7 Å². The molecule has 0 aromatic heterocycles. The second-order valence-electron chi connectivity index (χ2n) is 5.45. The highest BCUT2D eigenvalue weighted by atomic mass is 32.2. The second kappa shape index (κ2) is 6.78. The summed E-state index contributed by atoms with van der Waals surface area (Å²) in [5, 5.41) is 0. The molecule has 0 aliphatic rings. The molecule has 7 heteroatoms. The van der Waals surface area contributed by atoms with Gasteiger partial charge in [0.05, 0.1) is 4.90 Å². The van der Waals surface area contributed by atoms with Crippen molar-refractivity contribution in [3.8, 4) is 0 Å². The molecule has 0 fully saturated rings. The van der Waals surface area contributed by atoms with Crippen molar-refractivity contribution in [2.24, 2.45) is 0 Å². The molecule has 2 aromatic rings. The van der Waals surface area contributed by atoms with E-state index in [-0.39, 0.29) is 16.2 Å². The number of carbonyl (C=O) groups excluding carboxylic acids is 1. The minimum atomic E-state index is -3.90. The molecule has 0 bridgehead atoms. The molecule has 2 rings (SSSR count). The SMILES string of the molecule is CC(=O)c1cccc(S(=O)(=O)N(C)C(C)c2ccc(F)c(F)c2)c1. The van der Waals surface area contributed by atoms with Crippen LogP contribution in [0.3, 0.4) is 0 Å². The van der Waals surface area contributed by atoms with Crippen molar-refractivity contribution in [3.05, 3.63) is 65.2 Å². The largest absolute Gasteiger partial charge is 0.295 e. The Bertz CT molecular complexity index is 881. The first-order valence-electron chi connectivity index (χ1n) is 7.18. The highest BCUT2D eigenvalue weighted by Crippen LogP contribution is 2.27. The topological polar surface area (TPSA) is 54.5 Å². The monoisotopic (exact) mass is 353 g/mol. The summed E-state index contributed by atoms with van der Waals surface area (Å²) in [4.78, 5) is 11.4. The van der Waals surface area contributed by atoms with E-state index in [1.165, 1.54) is 44.3 Å². The summed E-state index contributed by atoms with van der Waals surface area (Å²) in [6, 6.07) is 8.24. The van der Waals surface area contributed by atoms with Crippen LogP contribution in [0.15, 0.2) is 47.4 Å². The number of benzene rings is 2. The molecule has 0 radical (unpaired) electrons. The van der Waals surface area contributed by atoms with E-state index in [1.807, 2.05) is 0 Å². The quantitative estimate of drug-likeness (QED) is 0.773. The normalized spacial score (nSPS) is 13.1. The Labute approximate surface area is 139 Å². The van der Waals surface area contributed by atoms with E-state index in [0.717, 1.165) is 16.4 Å². The van der Waals surface area contributed by atoms with Gasteiger partial charge in [-0.1, -0.05) is 18.2 Å². The molecule has 0 saturated carbocycles. The van der Waals surface area contributed by atoms with Crippen LogP contribution in [0.4, 0.5) is 8.78 Å². The molecule has 0 N–H and O–H groups in total. The number of sulfonamides is 1. The summed E-state index contributed by atoms with van der Waals surface area (Å²) < 4.78 is 52.9. The number of ketones is 1. The van der Waals surface area contributed by atoms with Gasteiger partial charge in [0.25, 0.3) is 0 Å². The van der Waals surface area contributed by atoms with Crippen LogP contribution in [0.2, 0.25) is 0 Å². The van der Waals surface area contributed by atoms with Crippen molar-refractivity contribution in [2.45, 2.75) is 24.8 Å². The molecule has 24 heavy (non-hydrogen) atoms. The highest BCUT2D eigenvalue weighted by Gasteiger charge is 2.27. The fraction of sp³-hybridized carbons (Fsp3) is 0.235. The first-order valence-corrected chi connectivity index (χ1v) is 8.62. The summed E-state index contributed by atoms with van der Waals surface area (Å²) in [5.74, 6) is -2.28. The molecule has 128 valence electrons. The molecule has 1 unspecified atom stereocenters. The van der Waals surface area contributed by atoms with Crippen LogP contribution >= 0.6 is 0 Å². The Hall–Kier alpha value is -2.12. The molecule has 2 aromatic carbocycles. The lowest BCUT2D eigenvalue weighted by atomic mass is 10.1. The van der Waals surface area contributed by atoms with E-state index in [2.05, 4.69) is 0 Å². The van der Waals surface area contributed by atoms with Crippen molar-refractivity contribution in [1.29, 1.82) is 0 Å². The van der Waals surface area contributed by atoms with Crippen LogP contribution in [-0.2, 0) is 10.0 Å². The summed E-state index contributed by atoms with van der Waals surface area (Å²) in [5.41, 5.74) is 0.604. The smallest absolute Gasteiger partial charge is 0.243 e. The maximum atomic E-state index is 13.4. The number of halogens is 2. The molecule has 0 aliphatic heterocycles. The molecule has 0 spiro atoms. The predicted molar refractivity (Wildman–Crippen MR) is 86.2 cm³/mol. The molecular formula is C17H17F2NO3S. The lowest BCUT2D eigenvalue weighted by Gasteiger charge is -2.25. The van der Waals surface area contributed by atoms with Gasteiger partial charge < -0.3 is 0 Å². The summed E-state index contributed by atoms with van der Waals surface area (Å²) in [6.07, 6.45) is 0. The third kappa shape index (κ3) is 3.52. The first-order chi connectivity index (χ1) is 11.1. The van der Waals surface area contributed by atoms with E-state index >= 15 is 0 Å².